The van der Waals surface area contributed by atoms with Crippen LogP contribution in [0.1, 0.15) is 15.5 Å². The Morgan fingerprint density at radius 2 is 2.24 bits per heavy atom. The molecule has 3 nitrogen and oxygen atoms in total. The molecule has 2 aromatic rings. The maximum absolute atomic E-state index is 5.53. The second kappa shape index (κ2) is 6.26. The van der Waals surface area contributed by atoms with E-state index in [-0.39, 0.29) is 0 Å². The number of nitrogens with two attached hydrogens (primary N) is 1. The van der Waals surface area contributed by atoms with E-state index in [1.54, 1.807) is 17.6 Å². The highest BCUT2D eigenvalue weighted by atomic mass is 32.1. The first-order chi connectivity index (χ1) is 8.38. The summed E-state index contributed by atoms with van der Waals surface area (Å²) in [5.74, 6) is 6.66. The minimum Gasteiger partial charge on any atom is -0.467 e. The standard InChI is InChI=1S/C13H13NO2S/c14-7-1-4-12-5-6-13(17-12)10-15-9-11-3-2-8-16-11/h2-3,5-6,8H,7,9-10,14H2. The molecule has 2 N–H and O–H groups in total. The van der Waals surface area contributed by atoms with Gasteiger partial charge in [-0.3, -0.25) is 0 Å². The Morgan fingerprint density at radius 3 is 3.00 bits per heavy atom. The first-order valence-corrected chi connectivity index (χ1v) is 6.08. The molecule has 2 aromatic heterocycles. The summed E-state index contributed by atoms with van der Waals surface area (Å²) in [5.41, 5.74) is 5.31. The van der Waals surface area contributed by atoms with Crippen LogP contribution >= 0.6 is 11.3 Å². The molecule has 0 bridgehead atoms. The number of rotatable bonds is 4. The molecule has 88 valence electrons. The molecular formula is C13H13NO2S. The van der Waals surface area contributed by atoms with Gasteiger partial charge in [0.2, 0.25) is 0 Å². The minimum atomic E-state index is 0.391. The van der Waals surface area contributed by atoms with E-state index in [0.717, 1.165) is 15.5 Å². The smallest absolute Gasteiger partial charge is 0.129 e. The van der Waals surface area contributed by atoms with Crippen LogP contribution in [-0.4, -0.2) is 6.54 Å². The van der Waals surface area contributed by atoms with Crippen molar-refractivity contribution in [3.05, 3.63) is 46.0 Å². The zero-order valence-electron chi connectivity index (χ0n) is 9.31. The quantitative estimate of drug-likeness (QED) is 0.844. The first-order valence-electron chi connectivity index (χ1n) is 5.26. The molecule has 0 unspecified atom stereocenters. The van der Waals surface area contributed by atoms with Gasteiger partial charge >= 0.3 is 0 Å². The zero-order valence-corrected chi connectivity index (χ0v) is 10.1. The molecule has 0 saturated carbocycles. The number of hydrogen-bond donors (Lipinski definition) is 1. The van der Waals surface area contributed by atoms with Gasteiger partial charge in [0, 0.05) is 4.88 Å². The van der Waals surface area contributed by atoms with Gasteiger partial charge in [0.15, 0.2) is 0 Å². The third-order valence-electron chi connectivity index (χ3n) is 2.04. The topological polar surface area (TPSA) is 48.4 Å². The van der Waals surface area contributed by atoms with Crippen molar-refractivity contribution < 1.29 is 9.15 Å². The SMILES string of the molecule is NCC#Cc1ccc(COCc2ccco2)s1. The van der Waals surface area contributed by atoms with Crippen molar-refractivity contribution in [2.45, 2.75) is 13.2 Å². The van der Waals surface area contributed by atoms with E-state index in [1.165, 1.54) is 0 Å². The molecule has 4 heteroatoms. The van der Waals surface area contributed by atoms with Crippen molar-refractivity contribution in [1.82, 2.24) is 0 Å². The predicted molar refractivity (Wildman–Crippen MR) is 67.5 cm³/mol. The average molecular weight is 247 g/mol. The summed E-state index contributed by atoms with van der Waals surface area (Å²) in [7, 11) is 0. The molecular weight excluding hydrogens is 234 g/mol. The van der Waals surface area contributed by atoms with Gasteiger partial charge in [0.1, 0.15) is 12.4 Å². The third kappa shape index (κ3) is 3.75. The second-order valence-corrected chi connectivity index (χ2v) is 4.51. The average Bonchev–Trinajstić information content (AvgIpc) is 2.98. The van der Waals surface area contributed by atoms with Crippen LogP contribution in [0.15, 0.2) is 34.9 Å². The fourth-order valence-electron chi connectivity index (χ4n) is 1.31. The van der Waals surface area contributed by atoms with Gasteiger partial charge in [-0.25, -0.2) is 0 Å². The molecule has 17 heavy (non-hydrogen) atoms. The Bertz CT molecular complexity index is 505. The van der Waals surface area contributed by atoms with Gasteiger partial charge < -0.3 is 14.9 Å². The van der Waals surface area contributed by atoms with Crippen molar-refractivity contribution in [2.75, 3.05) is 6.54 Å². The van der Waals surface area contributed by atoms with Gasteiger partial charge in [0.05, 0.1) is 24.3 Å². The maximum atomic E-state index is 5.53. The Labute approximate surface area is 104 Å². The lowest BCUT2D eigenvalue weighted by Gasteiger charge is -1.98. The molecule has 0 aliphatic carbocycles. The number of thiophene rings is 1. The summed E-state index contributed by atoms with van der Waals surface area (Å²) < 4.78 is 10.7. The van der Waals surface area contributed by atoms with Crippen LogP contribution in [0.4, 0.5) is 0 Å². The monoisotopic (exact) mass is 247 g/mol. The Morgan fingerprint density at radius 1 is 1.29 bits per heavy atom. The predicted octanol–water partition coefficient (Wildman–Crippen LogP) is 2.37. The Hall–Kier alpha value is -1.54. The van der Waals surface area contributed by atoms with E-state index in [0.29, 0.717) is 19.8 Å². The van der Waals surface area contributed by atoms with E-state index >= 15 is 0 Å². The lowest BCUT2D eigenvalue weighted by atomic mass is 10.4. The molecule has 0 aliphatic rings. The van der Waals surface area contributed by atoms with Crippen LogP contribution in [0.5, 0.6) is 0 Å². The summed E-state index contributed by atoms with van der Waals surface area (Å²) in [6.45, 7) is 1.46. The van der Waals surface area contributed by atoms with E-state index in [9.17, 15) is 0 Å². The summed E-state index contributed by atoms with van der Waals surface area (Å²) in [6, 6.07) is 7.75. The number of hydrogen-bond acceptors (Lipinski definition) is 4. The molecule has 0 aliphatic heterocycles. The molecule has 0 amide bonds. The Kier molecular flexibility index (Phi) is 4.39. The molecule has 0 radical (unpaired) electrons. The summed E-state index contributed by atoms with van der Waals surface area (Å²) >= 11 is 1.63. The molecule has 0 fully saturated rings. The van der Waals surface area contributed by atoms with Gasteiger partial charge in [-0.05, 0) is 24.3 Å². The Balaban J connectivity index is 1.81. The van der Waals surface area contributed by atoms with E-state index < -0.39 is 0 Å². The van der Waals surface area contributed by atoms with Crippen LogP contribution in [0.25, 0.3) is 0 Å². The summed E-state index contributed by atoms with van der Waals surface area (Å²) in [5, 5.41) is 0. The van der Waals surface area contributed by atoms with E-state index in [4.69, 9.17) is 14.9 Å². The minimum absolute atomic E-state index is 0.391. The van der Waals surface area contributed by atoms with Crippen molar-refractivity contribution >= 4 is 11.3 Å². The molecule has 0 aromatic carbocycles. The molecule has 0 saturated heterocycles. The van der Waals surface area contributed by atoms with E-state index in [1.807, 2.05) is 24.3 Å². The first kappa shape index (κ1) is 11.9. The van der Waals surface area contributed by atoms with Crippen molar-refractivity contribution in [3.8, 4) is 11.8 Å². The molecule has 0 spiro atoms. The van der Waals surface area contributed by atoms with Crippen LogP contribution < -0.4 is 5.73 Å². The highest BCUT2D eigenvalue weighted by Gasteiger charge is 2.00. The number of ether oxygens (including phenoxy) is 1. The number of furan rings is 1. The summed E-state index contributed by atoms with van der Waals surface area (Å²) in [6.07, 6.45) is 1.64. The van der Waals surface area contributed by atoms with Crippen LogP contribution in [0.2, 0.25) is 0 Å². The normalized spacial score (nSPS) is 9.94. The molecule has 2 heterocycles. The lowest BCUT2D eigenvalue weighted by Crippen LogP contribution is -1.92. The fourth-order valence-corrected chi connectivity index (χ4v) is 2.13. The molecule has 0 atom stereocenters. The third-order valence-corrected chi connectivity index (χ3v) is 3.02. The van der Waals surface area contributed by atoms with Crippen LogP contribution in [0, 0.1) is 11.8 Å². The lowest BCUT2D eigenvalue weighted by molar-refractivity contribution is 0.0948. The second-order valence-electron chi connectivity index (χ2n) is 3.34. The highest BCUT2D eigenvalue weighted by Crippen LogP contribution is 2.17. The fraction of sp³-hybridized carbons (Fsp3) is 0.231. The van der Waals surface area contributed by atoms with Crippen LogP contribution in [0.3, 0.4) is 0 Å². The van der Waals surface area contributed by atoms with E-state index in [2.05, 4.69) is 11.8 Å². The highest BCUT2D eigenvalue weighted by molar-refractivity contribution is 7.12. The van der Waals surface area contributed by atoms with Gasteiger partial charge in [0.25, 0.3) is 0 Å². The maximum Gasteiger partial charge on any atom is 0.129 e. The summed E-state index contributed by atoms with van der Waals surface area (Å²) in [4.78, 5) is 2.17. The zero-order chi connectivity index (χ0) is 11.9. The van der Waals surface area contributed by atoms with Crippen molar-refractivity contribution in [2.24, 2.45) is 5.73 Å². The van der Waals surface area contributed by atoms with Gasteiger partial charge in [-0.15, -0.1) is 11.3 Å². The van der Waals surface area contributed by atoms with Crippen LogP contribution in [-0.2, 0) is 18.0 Å². The van der Waals surface area contributed by atoms with Crippen molar-refractivity contribution in [1.29, 1.82) is 0 Å². The largest absolute Gasteiger partial charge is 0.467 e. The van der Waals surface area contributed by atoms with Crippen molar-refractivity contribution in [3.63, 3.8) is 0 Å². The van der Waals surface area contributed by atoms with Gasteiger partial charge in [-0.1, -0.05) is 11.8 Å². The molecule has 2 rings (SSSR count). The van der Waals surface area contributed by atoms with Gasteiger partial charge in [-0.2, -0.15) is 0 Å².